The molecule has 0 aromatic heterocycles. The second-order valence-corrected chi connectivity index (χ2v) is 4.51. The van der Waals surface area contributed by atoms with Crippen molar-refractivity contribution in [2.45, 2.75) is 25.8 Å². The molecule has 0 radical (unpaired) electrons. The van der Waals surface area contributed by atoms with Gasteiger partial charge in [0.1, 0.15) is 0 Å². The summed E-state index contributed by atoms with van der Waals surface area (Å²) in [6.07, 6.45) is 1.18. The molecule has 4 heteroatoms. The largest absolute Gasteiger partial charge is 0.378 e. The number of amides is 1. The van der Waals surface area contributed by atoms with Gasteiger partial charge in [-0.2, -0.15) is 0 Å². The van der Waals surface area contributed by atoms with Crippen molar-refractivity contribution in [3.8, 4) is 0 Å². The fourth-order valence-corrected chi connectivity index (χ4v) is 1.43. The van der Waals surface area contributed by atoms with Gasteiger partial charge in [-0.05, 0) is 37.6 Å². The van der Waals surface area contributed by atoms with Gasteiger partial charge in [0, 0.05) is 37.9 Å². The van der Waals surface area contributed by atoms with Gasteiger partial charge < -0.3 is 16.0 Å². The zero-order valence-corrected chi connectivity index (χ0v) is 10.7. The Morgan fingerprint density at radius 1 is 1.35 bits per heavy atom. The average Bonchev–Trinajstić information content (AvgIpc) is 2.27. The molecule has 1 amide bonds. The first-order valence-electron chi connectivity index (χ1n) is 5.82. The minimum absolute atomic E-state index is 0.0138. The predicted octanol–water partition coefficient (Wildman–Crippen LogP) is 1.82. The van der Waals surface area contributed by atoms with Crippen LogP contribution >= 0.6 is 0 Å². The van der Waals surface area contributed by atoms with E-state index < -0.39 is 0 Å². The average molecular weight is 235 g/mol. The van der Waals surface area contributed by atoms with E-state index >= 15 is 0 Å². The Hall–Kier alpha value is -1.55. The summed E-state index contributed by atoms with van der Waals surface area (Å²) in [5.74, 6) is 0.0138. The van der Waals surface area contributed by atoms with E-state index in [9.17, 15) is 4.79 Å². The third-order valence-corrected chi connectivity index (χ3v) is 2.49. The quantitative estimate of drug-likeness (QED) is 0.818. The highest BCUT2D eigenvalue weighted by molar-refractivity contribution is 5.90. The zero-order chi connectivity index (χ0) is 12.8. The van der Waals surface area contributed by atoms with Crippen LogP contribution in [0.15, 0.2) is 24.3 Å². The van der Waals surface area contributed by atoms with Crippen LogP contribution in [-0.4, -0.2) is 26.0 Å². The topological polar surface area (TPSA) is 58.4 Å². The molecule has 0 saturated carbocycles. The van der Waals surface area contributed by atoms with E-state index in [1.54, 1.807) is 0 Å². The maximum Gasteiger partial charge on any atom is 0.224 e. The molecule has 0 aliphatic heterocycles. The van der Waals surface area contributed by atoms with E-state index in [1.165, 1.54) is 0 Å². The number of hydrogen-bond acceptors (Lipinski definition) is 3. The van der Waals surface area contributed by atoms with Crippen molar-refractivity contribution >= 4 is 17.3 Å². The van der Waals surface area contributed by atoms with Crippen molar-refractivity contribution in [2.24, 2.45) is 5.73 Å². The van der Waals surface area contributed by atoms with Crippen molar-refractivity contribution in [1.82, 2.24) is 0 Å². The van der Waals surface area contributed by atoms with E-state index in [1.807, 2.05) is 50.2 Å². The predicted molar refractivity (Wildman–Crippen MR) is 72.3 cm³/mol. The summed E-state index contributed by atoms with van der Waals surface area (Å²) in [6.45, 7) is 1.90. The van der Waals surface area contributed by atoms with Crippen LogP contribution in [0.25, 0.3) is 0 Å². The van der Waals surface area contributed by atoms with Crippen molar-refractivity contribution in [1.29, 1.82) is 0 Å². The molecule has 1 unspecified atom stereocenters. The molecule has 0 saturated heterocycles. The van der Waals surface area contributed by atoms with Crippen LogP contribution in [0.1, 0.15) is 19.8 Å². The van der Waals surface area contributed by atoms with Gasteiger partial charge in [-0.3, -0.25) is 4.79 Å². The lowest BCUT2D eigenvalue weighted by Gasteiger charge is -2.13. The second kappa shape index (κ2) is 6.25. The number of anilines is 2. The summed E-state index contributed by atoms with van der Waals surface area (Å²) in [5, 5.41) is 2.85. The van der Waals surface area contributed by atoms with Gasteiger partial charge in [-0.25, -0.2) is 0 Å². The van der Waals surface area contributed by atoms with Crippen LogP contribution in [-0.2, 0) is 4.79 Å². The molecule has 1 aromatic rings. The minimum atomic E-state index is 0.0138. The normalized spacial score (nSPS) is 12.0. The van der Waals surface area contributed by atoms with Crippen LogP contribution in [0.2, 0.25) is 0 Å². The van der Waals surface area contributed by atoms with Gasteiger partial charge >= 0.3 is 0 Å². The highest BCUT2D eigenvalue weighted by Gasteiger charge is 2.04. The zero-order valence-electron chi connectivity index (χ0n) is 10.7. The molecule has 4 nitrogen and oxygen atoms in total. The number of benzene rings is 1. The highest BCUT2D eigenvalue weighted by atomic mass is 16.1. The van der Waals surface area contributed by atoms with Gasteiger partial charge in [0.2, 0.25) is 5.91 Å². The lowest BCUT2D eigenvalue weighted by molar-refractivity contribution is -0.116. The molecular weight excluding hydrogens is 214 g/mol. The maximum atomic E-state index is 11.6. The third-order valence-electron chi connectivity index (χ3n) is 2.49. The summed E-state index contributed by atoms with van der Waals surface area (Å²) in [7, 11) is 3.96. The van der Waals surface area contributed by atoms with E-state index in [2.05, 4.69) is 5.32 Å². The summed E-state index contributed by atoms with van der Waals surface area (Å²) in [6, 6.07) is 7.82. The van der Waals surface area contributed by atoms with E-state index in [4.69, 9.17) is 5.73 Å². The van der Waals surface area contributed by atoms with Gasteiger partial charge in [0.05, 0.1) is 0 Å². The van der Waals surface area contributed by atoms with Gasteiger partial charge in [0.25, 0.3) is 0 Å². The first-order valence-corrected chi connectivity index (χ1v) is 5.82. The molecule has 0 heterocycles. The number of carbonyl (C=O) groups excluding carboxylic acids is 1. The fraction of sp³-hybridized carbons (Fsp3) is 0.462. The molecule has 1 aromatic carbocycles. The van der Waals surface area contributed by atoms with Gasteiger partial charge in [-0.1, -0.05) is 0 Å². The maximum absolute atomic E-state index is 11.6. The minimum Gasteiger partial charge on any atom is -0.378 e. The number of nitrogens with two attached hydrogens (primary N) is 1. The molecular formula is C13H21N3O. The first-order chi connectivity index (χ1) is 7.99. The molecule has 3 N–H and O–H groups in total. The number of rotatable bonds is 5. The number of nitrogens with zero attached hydrogens (tertiary/aromatic N) is 1. The van der Waals surface area contributed by atoms with E-state index in [0.717, 1.165) is 11.4 Å². The second-order valence-electron chi connectivity index (χ2n) is 4.51. The van der Waals surface area contributed by atoms with Crippen LogP contribution in [0.4, 0.5) is 11.4 Å². The van der Waals surface area contributed by atoms with Crippen LogP contribution in [0.3, 0.4) is 0 Å². The summed E-state index contributed by atoms with van der Waals surface area (Å²) in [5.41, 5.74) is 7.54. The molecule has 0 spiro atoms. The Labute approximate surface area is 103 Å². The number of carbonyl (C=O) groups is 1. The number of nitrogens with one attached hydrogen (secondary N) is 1. The Morgan fingerprint density at radius 3 is 2.41 bits per heavy atom. The molecule has 0 fully saturated rings. The SMILES string of the molecule is CC(N)CCC(=O)Nc1ccc(N(C)C)cc1. The number of hydrogen-bond donors (Lipinski definition) is 2. The van der Waals surface area contributed by atoms with Crippen molar-refractivity contribution in [3.63, 3.8) is 0 Å². The standard InChI is InChI=1S/C13H21N3O/c1-10(14)4-9-13(17)15-11-5-7-12(8-6-11)16(2)3/h5-8,10H,4,9,14H2,1-3H3,(H,15,17). The van der Waals surface area contributed by atoms with Crippen molar-refractivity contribution in [3.05, 3.63) is 24.3 Å². The van der Waals surface area contributed by atoms with Crippen molar-refractivity contribution in [2.75, 3.05) is 24.3 Å². The van der Waals surface area contributed by atoms with Gasteiger partial charge in [-0.15, -0.1) is 0 Å². The van der Waals surface area contributed by atoms with Crippen LogP contribution < -0.4 is 16.0 Å². The Balaban J connectivity index is 2.48. The van der Waals surface area contributed by atoms with E-state index in [0.29, 0.717) is 12.8 Å². The molecule has 94 valence electrons. The molecule has 1 atom stereocenters. The molecule has 1 rings (SSSR count). The Kier molecular flexibility index (Phi) is 4.97. The van der Waals surface area contributed by atoms with E-state index in [-0.39, 0.29) is 11.9 Å². The van der Waals surface area contributed by atoms with Crippen molar-refractivity contribution < 1.29 is 4.79 Å². The Bertz CT molecular complexity index is 357. The molecule has 0 aliphatic rings. The Morgan fingerprint density at radius 2 is 1.94 bits per heavy atom. The molecule has 17 heavy (non-hydrogen) atoms. The summed E-state index contributed by atoms with van der Waals surface area (Å²) < 4.78 is 0. The lowest BCUT2D eigenvalue weighted by Crippen LogP contribution is -2.19. The van der Waals surface area contributed by atoms with Crippen LogP contribution in [0.5, 0.6) is 0 Å². The third kappa shape index (κ3) is 4.87. The lowest BCUT2D eigenvalue weighted by atomic mass is 10.2. The first kappa shape index (κ1) is 13.5. The smallest absolute Gasteiger partial charge is 0.224 e. The highest BCUT2D eigenvalue weighted by Crippen LogP contribution is 2.15. The monoisotopic (exact) mass is 235 g/mol. The summed E-state index contributed by atoms with van der Waals surface area (Å²) >= 11 is 0. The summed E-state index contributed by atoms with van der Waals surface area (Å²) in [4.78, 5) is 13.6. The molecule has 0 bridgehead atoms. The van der Waals surface area contributed by atoms with Crippen LogP contribution in [0, 0.1) is 0 Å². The molecule has 0 aliphatic carbocycles. The van der Waals surface area contributed by atoms with Gasteiger partial charge in [0.15, 0.2) is 0 Å². The fourth-order valence-electron chi connectivity index (χ4n) is 1.43.